The Hall–Kier alpha value is -3.09. The molecule has 0 aliphatic carbocycles. The predicted molar refractivity (Wildman–Crippen MR) is 176 cm³/mol. The standard InChI is InChI=1S/C33H36Cl3NO14/c1-32(2)45-15-18-21(51-32)20(38)19(37-31(42)33(34,35)36)29(46-18)49-22-23(47-26(39)16-11-7-5-8-12-16)25(30(44-4)50-24(22)28(41)43-3)48-27(40)17-13-9-6-10-14-17/h5-14,18-25,29-30,38H,15H2,1-4H3,(H,37,42)/t18-,19-,20-,21-,22+,23+,24+,25-,29+,30-/m1/s1. The van der Waals surface area contributed by atoms with Crippen molar-refractivity contribution in [3.05, 3.63) is 71.8 Å². The number of methoxy groups -OCH3 is 2. The largest absolute Gasteiger partial charge is 0.467 e. The maximum Gasteiger partial charge on any atom is 0.338 e. The Morgan fingerprint density at radius 1 is 0.843 bits per heavy atom. The van der Waals surface area contributed by atoms with Crippen LogP contribution in [0.2, 0.25) is 0 Å². The minimum absolute atomic E-state index is 0.0959. The lowest BCUT2D eigenvalue weighted by atomic mass is 9.94. The number of benzene rings is 2. The van der Waals surface area contributed by atoms with Crippen molar-refractivity contribution >= 4 is 58.6 Å². The van der Waals surface area contributed by atoms with Gasteiger partial charge in [-0.1, -0.05) is 71.2 Å². The first-order valence-corrected chi connectivity index (χ1v) is 16.7. The lowest BCUT2D eigenvalue weighted by molar-refractivity contribution is -0.383. The average molecular weight is 777 g/mol. The number of esters is 3. The third-order valence-electron chi connectivity index (χ3n) is 8.20. The molecule has 15 nitrogen and oxygen atoms in total. The van der Waals surface area contributed by atoms with Crippen LogP contribution < -0.4 is 5.32 Å². The van der Waals surface area contributed by atoms with E-state index >= 15 is 0 Å². The second kappa shape index (κ2) is 16.3. The molecule has 0 radical (unpaired) electrons. The molecule has 51 heavy (non-hydrogen) atoms. The Morgan fingerprint density at radius 2 is 1.41 bits per heavy atom. The van der Waals surface area contributed by atoms with Gasteiger partial charge in [0.2, 0.25) is 0 Å². The van der Waals surface area contributed by atoms with E-state index in [1.807, 2.05) is 0 Å². The fraction of sp³-hybridized carbons (Fsp3) is 0.515. The molecule has 3 heterocycles. The number of hydrogen-bond acceptors (Lipinski definition) is 14. The molecular weight excluding hydrogens is 741 g/mol. The Labute approximate surface area is 307 Å². The molecule has 3 aliphatic rings. The van der Waals surface area contributed by atoms with Crippen molar-refractivity contribution < 1.29 is 66.9 Å². The lowest BCUT2D eigenvalue weighted by Crippen LogP contribution is -2.71. The number of amides is 1. The highest BCUT2D eigenvalue weighted by Gasteiger charge is 2.58. The molecule has 10 atom stereocenters. The first-order valence-electron chi connectivity index (χ1n) is 15.6. The minimum atomic E-state index is -2.49. The molecule has 2 aromatic carbocycles. The van der Waals surface area contributed by atoms with Crippen LogP contribution in [0.15, 0.2) is 60.7 Å². The number of hydrogen-bond donors (Lipinski definition) is 2. The SMILES string of the molecule is COC(=O)[C@H]1O[C@@H](OC)[C@H](OC(=O)c2ccccc2)[C@@H](OC(=O)c2ccccc2)[C@@H]1O[C@@H]1O[C@@H]2COC(C)(C)O[C@H]2[C@H](O)[C@H]1NC(=O)C(Cl)(Cl)Cl. The minimum Gasteiger partial charge on any atom is -0.467 e. The summed E-state index contributed by atoms with van der Waals surface area (Å²) in [5, 5.41) is 14.0. The van der Waals surface area contributed by atoms with Gasteiger partial charge in [0, 0.05) is 7.11 Å². The highest BCUT2D eigenvalue weighted by Crippen LogP contribution is 2.37. The van der Waals surface area contributed by atoms with Gasteiger partial charge in [-0.2, -0.15) is 0 Å². The molecule has 18 heteroatoms. The van der Waals surface area contributed by atoms with Gasteiger partial charge in [0.05, 0.1) is 24.8 Å². The van der Waals surface area contributed by atoms with Crippen LogP contribution in [-0.2, 0) is 52.2 Å². The number of carbonyl (C=O) groups is 4. The van der Waals surface area contributed by atoms with Crippen molar-refractivity contribution in [2.75, 3.05) is 20.8 Å². The molecule has 3 aliphatic heterocycles. The molecule has 0 bridgehead atoms. The fourth-order valence-electron chi connectivity index (χ4n) is 5.75. The number of ether oxygens (including phenoxy) is 9. The maximum atomic E-state index is 13.6. The van der Waals surface area contributed by atoms with E-state index in [0.717, 1.165) is 7.11 Å². The first kappa shape index (κ1) is 39.1. The number of aliphatic hydroxyl groups excluding tert-OH is 1. The van der Waals surface area contributed by atoms with Crippen LogP contribution in [0, 0.1) is 0 Å². The number of fused-ring (bicyclic) bond motifs is 1. The van der Waals surface area contributed by atoms with Gasteiger partial charge in [0.15, 0.2) is 36.7 Å². The summed E-state index contributed by atoms with van der Waals surface area (Å²) in [5.74, 6) is -5.10. The summed E-state index contributed by atoms with van der Waals surface area (Å²) in [5.41, 5.74) is 0.228. The zero-order chi connectivity index (χ0) is 37.1. The van der Waals surface area contributed by atoms with Crippen LogP contribution in [0.25, 0.3) is 0 Å². The number of aliphatic hydroxyl groups is 1. The van der Waals surface area contributed by atoms with Gasteiger partial charge in [0.25, 0.3) is 9.70 Å². The third-order valence-corrected chi connectivity index (χ3v) is 8.72. The third kappa shape index (κ3) is 9.11. The molecule has 2 N–H and O–H groups in total. The number of halogens is 3. The van der Waals surface area contributed by atoms with Crippen LogP contribution in [0.4, 0.5) is 0 Å². The number of alkyl halides is 3. The van der Waals surface area contributed by atoms with Crippen LogP contribution in [0.5, 0.6) is 0 Å². The average Bonchev–Trinajstić information content (AvgIpc) is 3.11. The van der Waals surface area contributed by atoms with E-state index in [1.165, 1.54) is 31.4 Å². The van der Waals surface area contributed by atoms with E-state index in [9.17, 15) is 24.3 Å². The Balaban J connectivity index is 1.57. The van der Waals surface area contributed by atoms with E-state index in [-0.39, 0.29) is 17.7 Å². The van der Waals surface area contributed by atoms with Gasteiger partial charge in [-0.05, 0) is 38.1 Å². The van der Waals surface area contributed by atoms with Gasteiger partial charge in [-0.15, -0.1) is 0 Å². The lowest BCUT2D eigenvalue weighted by Gasteiger charge is -2.51. The zero-order valence-corrected chi connectivity index (χ0v) is 29.9. The Kier molecular flexibility index (Phi) is 12.5. The Bertz CT molecular complexity index is 1540. The Morgan fingerprint density at radius 3 is 1.94 bits per heavy atom. The van der Waals surface area contributed by atoms with Gasteiger partial charge < -0.3 is 53.1 Å². The van der Waals surface area contributed by atoms with E-state index in [2.05, 4.69) is 5.32 Å². The van der Waals surface area contributed by atoms with Crippen molar-refractivity contribution in [3.63, 3.8) is 0 Å². The summed E-state index contributed by atoms with van der Waals surface area (Å²) in [6, 6.07) is 14.2. The molecule has 3 saturated heterocycles. The molecule has 0 unspecified atom stereocenters. The molecule has 5 rings (SSSR count). The molecule has 1 amide bonds. The molecule has 3 fully saturated rings. The van der Waals surface area contributed by atoms with Gasteiger partial charge >= 0.3 is 17.9 Å². The molecule has 0 saturated carbocycles. The smallest absolute Gasteiger partial charge is 0.338 e. The molecule has 0 spiro atoms. The van der Waals surface area contributed by atoms with Crippen molar-refractivity contribution in [1.82, 2.24) is 5.32 Å². The van der Waals surface area contributed by atoms with Crippen molar-refractivity contribution in [1.29, 1.82) is 0 Å². The van der Waals surface area contributed by atoms with Gasteiger partial charge in [-0.3, -0.25) is 4.79 Å². The van der Waals surface area contributed by atoms with Crippen LogP contribution in [-0.4, -0.2) is 121 Å². The second-order valence-electron chi connectivity index (χ2n) is 12.1. The summed E-state index contributed by atoms with van der Waals surface area (Å²) < 4.78 is 49.8. The summed E-state index contributed by atoms with van der Waals surface area (Å²) in [7, 11) is 2.29. The fourth-order valence-corrected chi connectivity index (χ4v) is 5.91. The van der Waals surface area contributed by atoms with Gasteiger partial charge in [0.1, 0.15) is 30.5 Å². The topological polar surface area (TPSA) is 184 Å². The van der Waals surface area contributed by atoms with E-state index in [1.54, 1.807) is 50.2 Å². The molecule has 0 aromatic heterocycles. The van der Waals surface area contributed by atoms with Crippen LogP contribution >= 0.6 is 34.8 Å². The van der Waals surface area contributed by atoms with Crippen molar-refractivity contribution in [2.24, 2.45) is 0 Å². The van der Waals surface area contributed by atoms with Crippen molar-refractivity contribution in [3.8, 4) is 0 Å². The molecular formula is C33H36Cl3NO14. The quantitative estimate of drug-likeness (QED) is 0.215. The molecule has 278 valence electrons. The number of carbonyl (C=O) groups excluding carboxylic acids is 4. The highest BCUT2D eigenvalue weighted by molar-refractivity contribution is 6.76. The second-order valence-corrected chi connectivity index (χ2v) is 14.4. The van der Waals surface area contributed by atoms with Crippen molar-refractivity contribution in [2.45, 2.75) is 84.8 Å². The monoisotopic (exact) mass is 775 g/mol. The van der Waals surface area contributed by atoms with E-state index < -0.39 is 94.7 Å². The maximum absolute atomic E-state index is 13.6. The van der Waals surface area contributed by atoms with E-state index in [0.29, 0.717) is 0 Å². The first-order chi connectivity index (χ1) is 24.1. The van der Waals surface area contributed by atoms with E-state index in [4.69, 9.17) is 77.4 Å². The normalized spacial score (nSPS) is 31.8. The summed E-state index contributed by atoms with van der Waals surface area (Å²) in [6.45, 7) is 3.13. The van der Waals surface area contributed by atoms with Crippen LogP contribution in [0.1, 0.15) is 34.6 Å². The zero-order valence-electron chi connectivity index (χ0n) is 27.6. The predicted octanol–water partition coefficient (Wildman–Crippen LogP) is 2.46. The molecule has 2 aromatic rings. The summed E-state index contributed by atoms with van der Waals surface area (Å²) in [6.07, 6.45) is -13.6. The highest BCUT2D eigenvalue weighted by atomic mass is 35.6. The summed E-state index contributed by atoms with van der Waals surface area (Å²) >= 11 is 17.5. The summed E-state index contributed by atoms with van der Waals surface area (Å²) in [4.78, 5) is 53.2. The number of nitrogens with one attached hydrogen (secondary N) is 1. The van der Waals surface area contributed by atoms with Crippen LogP contribution in [0.3, 0.4) is 0 Å². The van der Waals surface area contributed by atoms with Gasteiger partial charge in [-0.25, -0.2) is 14.4 Å². The number of rotatable bonds is 9.